The van der Waals surface area contributed by atoms with Gasteiger partial charge in [-0.3, -0.25) is 9.59 Å². The predicted molar refractivity (Wildman–Crippen MR) is 86.6 cm³/mol. The largest absolute Gasteiger partial charge is 0.329 e. The Morgan fingerprint density at radius 2 is 2.10 bits per heavy atom. The molecule has 2 heterocycles. The Morgan fingerprint density at radius 1 is 1.29 bits per heavy atom. The molecule has 3 rings (SSSR count). The maximum Gasteiger partial charge on any atom is 0.258 e. The number of aryl methyl sites for hydroxylation is 1. The zero-order valence-electron chi connectivity index (χ0n) is 11.1. The lowest BCUT2D eigenvalue weighted by Crippen LogP contribution is -2.12. The van der Waals surface area contributed by atoms with Crippen LogP contribution in [0.4, 0.5) is 5.69 Å². The van der Waals surface area contributed by atoms with Gasteiger partial charge in [-0.2, -0.15) is 0 Å². The van der Waals surface area contributed by atoms with E-state index in [4.69, 9.17) is 11.6 Å². The molecule has 0 saturated heterocycles. The van der Waals surface area contributed by atoms with Gasteiger partial charge < -0.3 is 10.3 Å². The second-order valence-corrected chi connectivity index (χ2v) is 6.47. The summed E-state index contributed by atoms with van der Waals surface area (Å²) in [5, 5.41) is 4.15. The van der Waals surface area contributed by atoms with Crippen LogP contribution in [-0.2, 0) is 0 Å². The summed E-state index contributed by atoms with van der Waals surface area (Å²) in [6.07, 6.45) is 1.58. The van der Waals surface area contributed by atoms with Crippen molar-refractivity contribution in [3.05, 3.63) is 61.7 Å². The summed E-state index contributed by atoms with van der Waals surface area (Å²) in [4.78, 5) is 27.4. The number of fused-ring (bicyclic) bond motifs is 1. The fourth-order valence-corrected chi connectivity index (χ4v) is 3.34. The minimum absolute atomic E-state index is 0.151. The Hall–Kier alpha value is -2.11. The molecule has 2 N–H and O–H groups in total. The first kappa shape index (κ1) is 13.9. The third kappa shape index (κ3) is 2.70. The number of aromatic amines is 1. The number of halogens is 1. The molecule has 4 nitrogen and oxygen atoms in total. The van der Waals surface area contributed by atoms with Crippen LogP contribution < -0.4 is 10.9 Å². The lowest BCUT2D eigenvalue weighted by molar-refractivity contribution is 0.102. The maximum atomic E-state index is 12.2. The number of H-pyrrole nitrogens is 1. The topological polar surface area (TPSA) is 62.0 Å². The van der Waals surface area contributed by atoms with Gasteiger partial charge >= 0.3 is 0 Å². The number of benzene rings is 1. The average molecular weight is 319 g/mol. The van der Waals surface area contributed by atoms with Gasteiger partial charge in [-0.1, -0.05) is 11.6 Å². The summed E-state index contributed by atoms with van der Waals surface area (Å²) in [6.45, 7) is 1.90. The molecule has 1 aromatic carbocycles. The van der Waals surface area contributed by atoms with Crippen LogP contribution in [0.3, 0.4) is 0 Å². The highest BCUT2D eigenvalue weighted by atomic mass is 35.5. The van der Waals surface area contributed by atoms with Crippen molar-refractivity contribution in [2.75, 3.05) is 5.32 Å². The molecule has 0 atom stereocenters. The van der Waals surface area contributed by atoms with Crippen molar-refractivity contribution in [2.24, 2.45) is 0 Å². The SMILES string of the molecule is Cc1cc(C(=O)Nc2ccc3c(=O)[nH]ccc3c2)c(Cl)s1. The third-order valence-electron chi connectivity index (χ3n) is 3.09. The summed E-state index contributed by atoms with van der Waals surface area (Å²) in [7, 11) is 0. The van der Waals surface area contributed by atoms with E-state index in [1.807, 2.05) is 6.92 Å². The molecule has 0 aliphatic heterocycles. The van der Waals surface area contributed by atoms with Gasteiger partial charge in [-0.25, -0.2) is 0 Å². The summed E-state index contributed by atoms with van der Waals surface area (Å²) in [5.41, 5.74) is 0.935. The maximum absolute atomic E-state index is 12.2. The van der Waals surface area contributed by atoms with E-state index in [2.05, 4.69) is 10.3 Å². The van der Waals surface area contributed by atoms with Crippen LogP contribution in [0.15, 0.2) is 41.3 Å². The van der Waals surface area contributed by atoms with E-state index >= 15 is 0 Å². The first-order valence-electron chi connectivity index (χ1n) is 6.23. The zero-order chi connectivity index (χ0) is 15.0. The van der Waals surface area contributed by atoms with Crippen molar-refractivity contribution in [3.63, 3.8) is 0 Å². The molecule has 0 unspecified atom stereocenters. The molecule has 0 fully saturated rings. The second-order valence-electron chi connectivity index (χ2n) is 4.61. The summed E-state index contributed by atoms with van der Waals surface area (Å²) < 4.78 is 0.474. The number of anilines is 1. The van der Waals surface area contributed by atoms with Crippen LogP contribution in [0.25, 0.3) is 10.8 Å². The number of thiophene rings is 1. The van der Waals surface area contributed by atoms with Gasteiger partial charge in [-0.05, 0) is 42.6 Å². The van der Waals surface area contributed by atoms with Gasteiger partial charge in [0.25, 0.3) is 11.5 Å². The summed E-state index contributed by atoms with van der Waals surface area (Å²) >= 11 is 7.41. The molecule has 0 aliphatic rings. The molecule has 106 valence electrons. The molecular formula is C15H11ClN2O2S. The van der Waals surface area contributed by atoms with E-state index in [0.717, 1.165) is 10.3 Å². The van der Waals surface area contributed by atoms with Crippen molar-refractivity contribution in [1.82, 2.24) is 4.98 Å². The van der Waals surface area contributed by atoms with Gasteiger partial charge in [0.15, 0.2) is 0 Å². The van der Waals surface area contributed by atoms with Gasteiger partial charge in [0, 0.05) is 22.1 Å². The van der Waals surface area contributed by atoms with E-state index in [1.165, 1.54) is 11.3 Å². The number of carbonyl (C=O) groups excluding carboxylic acids is 1. The number of amides is 1. The van der Waals surface area contributed by atoms with Crippen LogP contribution in [0.2, 0.25) is 4.34 Å². The van der Waals surface area contributed by atoms with Crippen molar-refractivity contribution < 1.29 is 4.79 Å². The molecule has 0 radical (unpaired) electrons. The van der Waals surface area contributed by atoms with Crippen molar-refractivity contribution in [2.45, 2.75) is 6.92 Å². The number of hydrogen-bond donors (Lipinski definition) is 2. The Balaban J connectivity index is 1.93. The minimum atomic E-state index is -0.256. The second kappa shape index (κ2) is 5.35. The fraction of sp³-hybridized carbons (Fsp3) is 0.0667. The van der Waals surface area contributed by atoms with Crippen LogP contribution >= 0.6 is 22.9 Å². The molecule has 3 aromatic rings. The summed E-state index contributed by atoms with van der Waals surface area (Å²) in [6, 6.07) is 8.69. The Labute approximate surface area is 129 Å². The predicted octanol–water partition coefficient (Wildman–Crippen LogP) is 3.80. The number of rotatable bonds is 2. The molecule has 0 saturated carbocycles. The Bertz CT molecular complexity index is 898. The quantitative estimate of drug-likeness (QED) is 0.755. The lowest BCUT2D eigenvalue weighted by atomic mass is 10.1. The average Bonchev–Trinajstić information content (AvgIpc) is 2.78. The van der Waals surface area contributed by atoms with E-state index in [0.29, 0.717) is 21.0 Å². The normalized spacial score (nSPS) is 10.8. The van der Waals surface area contributed by atoms with Crippen LogP contribution in [0, 0.1) is 6.92 Å². The smallest absolute Gasteiger partial charge is 0.258 e. The number of pyridine rings is 1. The highest BCUT2D eigenvalue weighted by Gasteiger charge is 2.13. The zero-order valence-corrected chi connectivity index (χ0v) is 12.6. The number of hydrogen-bond acceptors (Lipinski definition) is 3. The molecule has 0 aliphatic carbocycles. The lowest BCUT2D eigenvalue weighted by Gasteiger charge is -2.05. The molecule has 0 bridgehead atoms. The number of nitrogens with one attached hydrogen (secondary N) is 2. The first-order chi connectivity index (χ1) is 10.0. The van der Waals surface area contributed by atoms with Gasteiger partial charge in [0.2, 0.25) is 0 Å². The Morgan fingerprint density at radius 3 is 2.81 bits per heavy atom. The van der Waals surface area contributed by atoms with Crippen LogP contribution in [0.5, 0.6) is 0 Å². The highest BCUT2D eigenvalue weighted by molar-refractivity contribution is 7.16. The van der Waals surface area contributed by atoms with Gasteiger partial charge in [0.1, 0.15) is 4.34 Å². The molecule has 6 heteroatoms. The molecular weight excluding hydrogens is 308 g/mol. The van der Waals surface area contributed by atoms with Crippen LogP contribution in [-0.4, -0.2) is 10.9 Å². The monoisotopic (exact) mass is 318 g/mol. The fourth-order valence-electron chi connectivity index (χ4n) is 2.11. The van der Waals surface area contributed by atoms with E-state index < -0.39 is 0 Å². The standard InChI is InChI=1S/C15H11ClN2O2S/c1-8-6-12(13(16)21-8)15(20)18-10-2-3-11-9(7-10)4-5-17-14(11)19/h2-7H,1H3,(H,17,19)(H,18,20). The van der Waals surface area contributed by atoms with Crippen LogP contribution in [0.1, 0.15) is 15.2 Å². The molecule has 21 heavy (non-hydrogen) atoms. The van der Waals surface area contributed by atoms with Crippen molar-refractivity contribution in [3.8, 4) is 0 Å². The van der Waals surface area contributed by atoms with Crippen molar-refractivity contribution >= 4 is 45.3 Å². The van der Waals surface area contributed by atoms with Gasteiger partial charge in [0.05, 0.1) is 5.56 Å². The van der Waals surface area contributed by atoms with E-state index in [9.17, 15) is 9.59 Å². The molecule has 1 amide bonds. The van der Waals surface area contributed by atoms with Crippen molar-refractivity contribution in [1.29, 1.82) is 0 Å². The highest BCUT2D eigenvalue weighted by Crippen LogP contribution is 2.28. The van der Waals surface area contributed by atoms with E-state index in [1.54, 1.807) is 36.5 Å². The Kier molecular flexibility index (Phi) is 3.53. The minimum Gasteiger partial charge on any atom is -0.329 e. The molecule has 0 spiro atoms. The van der Waals surface area contributed by atoms with E-state index in [-0.39, 0.29) is 11.5 Å². The number of carbonyl (C=O) groups is 1. The summed E-state index contributed by atoms with van der Waals surface area (Å²) in [5.74, 6) is -0.256. The third-order valence-corrected chi connectivity index (χ3v) is 4.36. The van der Waals surface area contributed by atoms with Gasteiger partial charge in [-0.15, -0.1) is 11.3 Å². The first-order valence-corrected chi connectivity index (χ1v) is 7.43. The number of aromatic nitrogens is 1. The molecule has 2 aromatic heterocycles.